The highest BCUT2D eigenvalue weighted by Gasteiger charge is 2.16. The Morgan fingerprint density at radius 1 is 1.00 bits per heavy atom. The summed E-state index contributed by atoms with van der Waals surface area (Å²) < 4.78 is 8.11. The molecule has 0 N–H and O–H groups in total. The van der Waals surface area contributed by atoms with Crippen molar-refractivity contribution >= 4 is 11.0 Å². The lowest BCUT2D eigenvalue weighted by atomic mass is 10.2. The van der Waals surface area contributed by atoms with Crippen molar-refractivity contribution in [2.75, 3.05) is 0 Å². The van der Waals surface area contributed by atoms with Crippen LogP contribution in [-0.4, -0.2) is 15.0 Å². The molecule has 0 aliphatic rings. The summed E-state index contributed by atoms with van der Waals surface area (Å²) in [5.74, 6) is 0. The van der Waals surface area contributed by atoms with E-state index in [9.17, 15) is 0 Å². The number of unbranched alkanes of at least 4 members (excludes halogenated alkanes) is 2. The third kappa shape index (κ3) is 3.96. The van der Waals surface area contributed by atoms with Crippen LogP contribution in [0.15, 0.2) is 54.6 Å². The lowest BCUT2D eigenvalue weighted by Crippen LogP contribution is -2.15. The minimum absolute atomic E-state index is 0.0749. The first-order chi connectivity index (χ1) is 11.4. The topological polar surface area (TPSA) is 39.9 Å². The van der Waals surface area contributed by atoms with E-state index in [1.807, 2.05) is 47.1 Å². The summed E-state index contributed by atoms with van der Waals surface area (Å²) in [5.41, 5.74) is 3.12. The van der Waals surface area contributed by atoms with Gasteiger partial charge in [-0.3, -0.25) is 0 Å². The second kappa shape index (κ2) is 7.88. The molecule has 0 saturated heterocycles. The number of fused-ring (bicyclic) bond motifs is 1. The molecule has 4 nitrogen and oxygen atoms in total. The zero-order valence-electron chi connectivity index (χ0n) is 13.6. The van der Waals surface area contributed by atoms with Gasteiger partial charge in [-0.15, -0.1) is 5.10 Å². The second-order valence-corrected chi connectivity index (χ2v) is 5.77. The number of ether oxygens (including phenoxy) is 1. The second-order valence-electron chi connectivity index (χ2n) is 5.77. The van der Waals surface area contributed by atoms with E-state index in [1.54, 1.807) is 0 Å². The van der Waals surface area contributed by atoms with Crippen molar-refractivity contribution < 1.29 is 4.74 Å². The lowest BCUT2D eigenvalue weighted by Gasteiger charge is -2.18. The van der Waals surface area contributed by atoms with Gasteiger partial charge < -0.3 is 4.74 Å². The van der Waals surface area contributed by atoms with Crippen molar-refractivity contribution in [3.63, 3.8) is 0 Å². The Bertz CT molecular complexity index is 724. The van der Waals surface area contributed by atoms with E-state index in [0.29, 0.717) is 6.61 Å². The van der Waals surface area contributed by atoms with Crippen LogP contribution in [-0.2, 0) is 11.3 Å². The normalized spacial score (nSPS) is 12.6. The van der Waals surface area contributed by atoms with Crippen molar-refractivity contribution in [3.05, 3.63) is 60.2 Å². The third-order valence-corrected chi connectivity index (χ3v) is 3.99. The van der Waals surface area contributed by atoms with E-state index in [2.05, 4.69) is 29.4 Å². The fraction of sp³-hybridized carbons (Fsp3) is 0.368. The van der Waals surface area contributed by atoms with Crippen LogP contribution in [0.3, 0.4) is 0 Å². The minimum atomic E-state index is -0.0749. The number of benzene rings is 2. The Balaban J connectivity index is 1.77. The molecule has 120 valence electrons. The highest BCUT2D eigenvalue weighted by Crippen LogP contribution is 2.23. The van der Waals surface area contributed by atoms with E-state index >= 15 is 0 Å². The highest BCUT2D eigenvalue weighted by atomic mass is 16.5. The molecule has 1 aromatic heterocycles. The van der Waals surface area contributed by atoms with Gasteiger partial charge in [-0.25, -0.2) is 4.68 Å². The van der Waals surface area contributed by atoms with Crippen LogP contribution in [0.1, 0.15) is 44.4 Å². The quantitative estimate of drug-likeness (QED) is 0.565. The number of aromatic nitrogens is 3. The summed E-state index contributed by atoms with van der Waals surface area (Å²) in [7, 11) is 0. The summed E-state index contributed by atoms with van der Waals surface area (Å²) in [6.07, 6.45) is 4.41. The van der Waals surface area contributed by atoms with Crippen LogP contribution in [0.2, 0.25) is 0 Å². The predicted octanol–water partition coefficient (Wildman–Crippen LogP) is 4.73. The number of hydrogen-bond donors (Lipinski definition) is 0. The van der Waals surface area contributed by atoms with Gasteiger partial charge >= 0.3 is 0 Å². The fourth-order valence-corrected chi connectivity index (χ4v) is 2.71. The Hall–Kier alpha value is -2.20. The van der Waals surface area contributed by atoms with Crippen LogP contribution in [0, 0.1) is 0 Å². The van der Waals surface area contributed by atoms with Gasteiger partial charge in [-0.2, -0.15) is 0 Å². The molecule has 23 heavy (non-hydrogen) atoms. The first-order valence-electron chi connectivity index (χ1n) is 8.34. The van der Waals surface area contributed by atoms with Crippen molar-refractivity contribution in [2.45, 2.75) is 45.4 Å². The SMILES string of the molecule is CCCCC[C@@H](OCc1ccccc1)n1nnc2ccccc21. The molecule has 0 bridgehead atoms. The van der Waals surface area contributed by atoms with E-state index in [-0.39, 0.29) is 6.23 Å². The zero-order chi connectivity index (χ0) is 15.9. The Morgan fingerprint density at radius 3 is 2.61 bits per heavy atom. The molecule has 1 heterocycles. The molecule has 3 rings (SSSR count). The first kappa shape index (κ1) is 15.7. The maximum Gasteiger partial charge on any atom is 0.153 e. The number of para-hydroxylation sites is 1. The van der Waals surface area contributed by atoms with Gasteiger partial charge in [-0.1, -0.05) is 67.4 Å². The average molecular weight is 309 g/mol. The molecular weight excluding hydrogens is 286 g/mol. The molecule has 3 aromatic rings. The standard InChI is InChI=1S/C19H23N3O/c1-2-3-5-14-19(23-15-16-10-6-4-7-11-16)22-18-13-9-8-12-17(18)20-21-22/h4,6-13,19H,2-3,5,14-15H2,1H3/t19-/m1/s1. The van der Waals surface area contributed by atoms with Crippen molar-refractivity contribution in [1.82, 2.24) is 15.0 Å². The van der Waals surface area contributed by atoms with Gasteiger partial charge in [0.2, 0.25) is 0 Å². The number of nitrogens with zero attached hydrogens (tertiary/aromatic N) is 3. The van der Waals surface area contributed by atoms with Gasteiger partial charge in [0, 0.05) is 0 Å². The predicted molar refractivity (Wildman–Crippen MR) is 91.9 cm³/mol. The molecule has 0 unspecified atom stereocenters. The smallest absolute Gasteiger partial charge is 0.153 e. The summed E-state index contributed by atoms with van der Waals surface area (Å²) in [4.78, 5) is 0. The maximum atomic E-state index is 6.19. The molecule has 0 fully saturated rings. The maximum absolute atomic E-state index is 6.19. The molecule has 1 atom stereocenters. The van der Waals surface area contributed by atoms with E-state index < -0.39 is 0 Å². The molecule has 0 aliphatic heterocycles. The van der Waals surface area contributed by atoms with Crippen LogP contribution < -0.4 is 0 Å². The van der Waals surface area contributed by atoms with Crippen LogP contribution in [0.5, 0.6) is 0 Å². The number of hydrogen-bond acceptors (Lipinski definition) is 3. The molecular formula is C19H23N3O. The van der Waals surface area contributed by atoms with Gasteiger partial charge in [-0.05, 0) is 30.5 Å². The minimum Gasteiger partial charge on any atom is -0.352 e. The zero-order valence-corrected chi connectivity index (χ0v) is 13.6. The van der Waals surface area contributed by atoms with Crippen molar-refractivity contribution in [3.8, 4) is 0 Å². The third-order valence-electron chi connectivity index (χ3n) is 3.99. The van der Waals surface area contributed by atoms with Crippen molar-refractivity contribution in [2.24, 2.45) is 0 Å². The van der Waals surface area contributed by atoms with E-state index in [0.717, 1.165) is 23.9 Å². The molecule has 4 heteroatoms. The van der Waals surface area contributed by atoms with Gasteiger partial charge in [0.25, 0.3) is 0 Å². The van der Waals surface area contributed by atoms with Gasteiger partial charge in [0.15, 0.2) is 6.23 Å². The monoisotopic (exact) mass is 309 g/mol. The van der Waals surface area contributed by atoms with Crippen LogP contribution in [0.4, 0.5) is 0 Å². The summed E-state index contributed by atoms with van der Waals surface area (Å²) in [6.45, 7) is 2.80. The van der Waals surface area contributed by atoms with Crippen LogP contribution in [0.25, 0.3) is 11.0 Å². The molecule has 0 amide bonds. The Kier molecular flexibility index (Phi) is 5.37. The molecule has 2 aromatic carbocycles. The van der Waals surface area contributed by atoms with E-state index in [1.165, 1.54) is 18.4 Å². The highest BCUT2D eigenvalue weighted by molar-refractivity contribution is 5.73. The van der Waals surface area contributed by atoms with Crippen molar-refractivity contribution in [1.29, 1.82) is 0 Å². The molecule has 0 radical (unpaired) electrons. The Morgan fingerprint density at radius 2 is 1.78 bits per heavy atom. The molecule has 0 saturated carbocycles. The largest absolute Gasteiger partial charge is 0.352 e. The Labute approximate surface area is 137 Å². The van der Waals surface area contributed by atoms with Crippen LogP contribution >= 0.6 is 0 Å². The summed E-state index contributed by atoms with van der Waals surface area (Å²) in [6, 6.07) is 18.3. The van der Waals surface area contributed by atoms with Gasteiger partial charge in [0.1, 0.15) is 5.52 Å². The van der Waals surface area contributed by atoms with E-state index in [4.69, 9.17) is 4.74 Å². The summed E-state index contributed by atoms with van der Waals surface area (Å²) >= 11 is 0. The average Bonchev–Trinajstić information content (AvgIpc) is 3.03. The number of rotatable bonds is 8. The molecule has 0 aliphatic carbocycles. The first-order valence-corrected chi connectivity index (χ1v) is 8.34. The lowest BCUT2D eigenvalue weighted by molar-refractivity contribution is -0.0229. The van der Waals surface area contributed by atoms with Gasteiger partial charge in [0.05, 0.1) is 12.1 Å². The summed E-state index contributed by atoms with van der Waals surface area (Å²) in [5, 5.41) is 8.58. The molecule has 0 spiro atoms. The fourth-order valence-electron chi connectivity index (χ4n) is 2.71.